The van der Waals surface area contributed by atoms with Gasteiger partial charge in [0.1, 0.15) is 23.2 Å². The Morgan fingerprint density at radius 2 is 2.08 bits per heavy atom. The van der Waals surface area contributed by atoms with Crippen LogP contribution in [0, 0.1) is 0 Å². The van der Waals surface area contributed by atoms with Crippen LogP contribution in [0.25, 0.3) is 27.7 Å². The van der Waals surface area contributed by atoms with Crippen LogP contribution < -0.4 is 10.1 Å². The zero-order valence-corrected chi connectivity index (χ0v) is 19.9. The number of anilines is 1. The van der Waals surface area contributed by atoms with Crippen LogP contribution in [0.4, 0.5) is 19.1 Å². The third-order valence-corrected chi connectivity index (χ3v) is 6.51. The van der Waals surface area contributed by atoms with Gasteiger partial charge in [0, 0.05) is 25.2 Å². The zero-order valence-electron chi connectivity index (χ0n) is 19.9. The monoisotopic (exact) mass is 502 g/mol. The molecule has 0 aliphatic carbocycles. The van der Waals surface area contributed by atoms with Crippen LogP contribution in [-0.2, 0) is 4.79 Å². The van der Waals surface area contributed by atoms with Crippen LogP contribution in [0.3, 0.4) is 0 Å². The fourth-order valence-electron chi connectivity index (χ4n) is 4.46. The minimum Gasteiger partial charge on any atom is -0.479 e. The lowest BCUT2D eigenvalue weighted by atomic mass is 10.0. The highest BCUT2D eigenvalue weighted by atomic mass is 19.3. The number of halogens is 3. The molecule has 0 bridgehead atoms. The Labute approximate surface area is 204 Å². The number of nitrogens with zero attached hydrogens (tertiary/aromatic N) is 7. The van der Waals surface area contributed by atoms with Gasteiger partial charge in [-0.15, -0.1) is 10.2 Å². The first-order valence-corrected chi connectivity index (χ1v) is 11.5. The van der Waals surface area contributed by atoms with Crippen molar-refractivity contribution >= 4 is 28.4 Å². The number of fused-ring (bicyclic) bond motifs is 2. The molecule has 4 heterocycles. The molecule has 1 amide bonds. The molecule has 3 atom stereocenters. The first-order chi connectivity index (χ1) is 17.3. The number of aromatic nitrogens is 6. The first-order valence-electron chi connectivity index (χ1n) is 11.5. The average molecular weight is 503 g/mol. The van der Waals surface area contributed by atoms with E-state index < -0.39 is 24.7 Å². The molecule has 0 saturated carbocycles. The Morgan fingerprint density at radius 1 is 1.28 bits per heavy atom. The lowest BCUT2D eigenvalue weighted by Gasteiger charge is -2.34. The highest BCUT2D eigenvalue weighted by molar-refractivity contribution is 5.89. The molecule has 1 fully saturated rings. The Hall–Kier alpha value is -3.90. The molecule has 0 spiro atoms. The summed E-state index contributed by atoms with van der Waals surface area (Å²) in [6, 6.07) is 5.39. The predicted molar refractivity (Wildman–Crippen MR) is 126 cm³/mol. The number of piperidine rings is 1. The van der Waals surface area contributed by atoms with Crippen molar-refractivity contribution in [2.45, 2.75) is 44.9 Å². The molecule has 36 heavy (non-hydrogen) atoms. The van der Waals surface area contributed by atoms with Crippen molar-refractivity contribution in [3.05, 3.63) is 30.5 Å². The maximum atomic E-state index is 14.7. The molecule has 1 aromatic carbocycles. The highest BCUT2D eigenvalue weighted by Crippen LogP contribution is 2.34. The molecular weight excluding hydrogens is 477 g/mol. The van der Waals surface area contributed by atoms with Gasteiger partial charge < -0.3 is 15.0 Å². The van der Waals surface area contributed by atoms with E-state index in [-0.39, 0.29) is 24.3 Å². The largest absolute Gasteiger partial charge is 0.479 e. The summed E-state index contributed by atoms with van der Waals surface area (Å²) in [4.78, 5) is 17.5. The van der Waals surface area contributed by atoms with Crippen molar-refractivity contribution in [2.75, 3.05) is 25.5 Å². The van der Waals surface area contributed by atoms with Gasteiger partial charge in [-0.1, -0.05) is 11.3 Å². The van der Waals surface area contributed by atoms with Gasteiger partial charge >= 0.3 is 0 Å². The second-order valence-corrected chi connectivity index (χ2v) is 8.80. The van der Waals surface area contributed by atoms with Gasteiger partial charge in [0.25, 0.3) is 6.43 Å². The van der Waals surface area contributed by atoms with Crippen LogP contribution >= 0.6 is 0 Å². The Kier molecular flexibility index (Phi) is 6.14. The number of likely N-dealkylation sites (tertiary alicyclic amines) is 1. The molecule has 1 aliphatic rings. The van der Waals surface area contributed by atoms with Gasteiger partial charge in [-0.3, -0.25) is 4.79 Å². The number of hydrogen-bond donors (Lipinski definition) is 1. The molecule has 0 unspecified atom stereocenters. The third kappa shape index (κ3) is 4.18. The second kappa shape index (κ2) is 9.28. The molecule has 0 radical (unpaired) electrons. The number of hydrogen-bond acceptors (Lipinski definition) is 7. The molecule has 4 aromatic rings. The van der Waals surface area contributed by atoms with Gasteiger partial charge in [-0.25, -0.2) is 22.4 Å². The Balaban J connectivity index is 1.48. The first kappa shape index (κ1) is 23.8. The summed E-state index contributed by atoms with van der Waals surface area (Å²) in [5, 5.41) is 15.4. The number of alkyl halides is 3. The molecule has 190 valence electrons. The van der Waals surface area contributed by atoms with E-state index in [4.69, 9.17) is 4.74 Å². The van der Waals surface area contributed by atoms with Gasteiger partial charge in [0.2, 0.25) is 17.7 Å². The third-order valence-electron chi connectivity index (χ3n) is 6.51. The molecule has 1 N–H and O–H groups in total. The van der Waals surface area contributed by atoms with Crippen molar-refractivity contribution in [1.82, 2.24) is 34.5 Å². The van der Waals surface area contributed by atoms with Crippen LogP contribution in [0.1, 0.15) is 26.3 Å². The molecule has 1 aliphatic heterocycles. The van der Waals surface area contributed by atoms with E-state index in [1.807, 2.05) is 12.1 Å². The summed E-state index contributed by atoms with van der Waals surface area (Å²) in [6.45, 7) is 3.26. The number of carbonyl (C=O) groups is 1. The molecular formula is C23H25F3N8O2. The lowest BCUT2D eigenvalue weighted by Crippen LogP contribution is -2.49. The van der Waals surface area contributed by atoms with Gasteiger partial charge in [0.05, 0.1) is 25.2 Å². The van der Waals surface area contributed by atoms with Gasteiger partial charge in [-0.05, 0) is 37.1 Å². The Bertz CT molecular complexity index is 1420. The zero-order chi connectivity index (χ0) is 25.6. The predicted octanol–water partition coefficient (Wildman–Crippen LogP) is 3.35. The van der Waals surface area contributed by atoms with E-state index in [0.717, 1.165) is 11.1 Å². The molecule has 10 nitrogen and oxygen atoms in total. The van der Waals surface area contributed by atoms with Crippen molar-refractivity contribution < 1.29 is 22.7 Å². The second-order valence-electron chi connectivity index (χ2n) is 8.80. The van der Waals surface area contributed by atoms with E-state index in [9.17, 15) is 18.0 Å². The summed E-state index contributed by atoms with van der Waals surface area (Å²) in [6.07, 6.45) is -1.73. The SMILES string of the molecule is COc1nc(N[C@H]2CCN(C(C)=O)C[C@H]2F)nn2ccc(-c3ccc4nnn([C@@H](C)C(F)F)c4c3)c12. The number of rotatable bonds is 6. The summed E-state index contributed by atoms with van der Waals surface area (Å²) in [5.41, 5.74) is 2.98. The van der Waals surface area contributed by atoms with Crippen LogP contribution in [0.2, 0.25) is 0 Å². The van der Waals surface area contributed by atoms with E-state index in [2.05, 4.69) is 25.7 Å². The number of ether oxygens (including phenoxy) is 1. The molecule has 3 aromatic heterocycles. The van der Waals surface area contributed by atoms with E-state index >= 15 is 0 Å². The summed E-state index contributed by atoms with van der Waals surface area (Å²) >= 11 is 0. The fourth-order valence-corrected chi connectivity index (χ4v) is 4.46. The van der Waals surface area contributed by atoms with Gasteiger partial charge in [-0.2, -0.15) is 4.98 Å². The van der Waals surface area contributed by atoms with E-state index in [0.29, 0.717) is 29.5 Å². The van der Waals surface area contributed by atoms with E-state index in [1.165, 1.54) is 30.5 Å². The number of nitrogens with one attached hydrogen (secondary N) is 1. The van der Waals surface area contributed by atoms with Crippen LogP contribution in [0.5, 0.6) is 5.88 Å². The smallest absolute Gasteiger partial charge is 0.260 e. The average Bonchev–Trinajstić information content (AvgIpc) is 3.48. The number of benzene rings is 1. The topological polar surface area (TPSA) is 102 Å². The summed E-state index contributed by atoms with van der Waals surface area (Å²) < 4.78 is 49.6. The van der Waals surface area contributed by atoms with Crippen molar-refractivity contribution in [2.24, 2.45) is 0 Å². The molecule has 13 heteroatoms. The molecule has 1 saturated heterocycles. The highest BCUT2D eigenvalue weighted by Gasteiger charge is 2.31. The minimum absolute atomic E-state index is 0.0120. The van der Waals surface area contributed by atoms with Crippen molar-refractivity contribution in [1.29, 1.82) is 0 Å². The lowest BCUT2D eigenvalue weighted by molar-refractivity contribution is -0.131. The quantitative estimate of drug-likeness (QED) is 0.431. The Morgan fingerprint density at radius 3 is 2.78 bits per heavy atom. The fraction of sp³-hybridized carbons (Fsp3) is 0.435. The maximum absolute atomic E-state index is 14.7. The van der Waals surface area contributed by atoms with Crippen LogP contribution in [-0.4, -0.2) is 79.2 Å². The normalized spacial score (nSPS) is 19.2. The van der Waals surface area contributed by atoms with Crippen molar-refractivity contribution in [3.63, 3.8) is 0 Å². The maximum Gasteiger partial charge on any atom is 0.260 e. The van der Waals surface area contributed by atoms with Gasteiger partial charge in [0.15, 0.2) is 0 Å². The van der Waals surface area contributed by atoms with E-state index in [1.54, 1.807) is 22.8 Å². The molecule has 5 rings (SSSR count). The summed E-state index contributed by atoms with van der Waals surface area (Å²) in [7, 11) is 1.47. The number of amides is 1. The number of methoxy groups -OCH3 is 1. The minimum atomic E-state index is -2.59. The van der Waals surface area contributed by atoms with Crippen LogP contribution in [0.15, 0.2) is 30.5 Å². The standard InChI is InChI=1S/C23H25F3N8O2/c1-12(21(25)26)34-19-10-14(4-5-18(19)29-31-34)15-6-9-33-20(15)22(36-3)28-23(30-33)27-17-7-8-32(13(2)35)11-16(17)24/h4-6,9-10,12,16-17,21H,7-8,11H2,1-3H3,(H,27,30)/t12-,16+,17-/m0/s1. The summed E-state index contributed by atoms with van der Waals surface area (Å²) in [5.74, 6) is 0.293. The number of carbonyl (C=O) groups excluding carboxylic acids is 1. The van der Waals surface area contributed by atoms with Crippen molar-refractivity contribution in [3.8, 4) is 17.0 Å².